The zero-order chi connectivity index (χ0) is 25.0. The number of carbonyl (C=O) groups excluding carboxylic acids is 1. The molecule has 0 bridgehead atoms. The van der Waals surface area contributed by atoms with Crippen molar-refractivity contribution in [2.45, 2.75) is 89.2 Å². The van der Waals surface area contributed by atoms with E-state index in [4.69, 9.17) is 10.2 Å². The number of hydrogen-bond acceptors (Lipinski definition) is 5. The Kier molecular flexibility index (Phi) is 6.32. The Hall–Kier alpha value is -1.86. The quantitative estimate of drug-likeness (QED) is 0.600. The Morgan fingerprint density at radius 1 is 1.14 bits per heavy atom. The SMILES string of the molecule is CN(C(=O)NCCN)[C@H]1CC[C@@]2(C)[C@H](CC[C@@H]3[C@@H]2CC[C@]2(C)[C@@H](c4ccc(=O)oc4)CC[C@]32O)C1. The molecule has 0 saturated heterocycles. The molecule has 7 heteroatoms. The van der Waals surface area contributed by atoms with E-state index in [0.29, 0.717) is 30.8 Å². The van der Waals surface area contributed by atoms with Crippen molar-refractivity contribution >= 4 is 6.03 Å². The fourth-order valence-corrected chi connectivity index (χ4v) is 9.13. The zero-order valence-electron chi connectivity index (χ0n) is 21.6. The van der Waals surface area contributed by atoms with Gasteiger partial charge >= 0.3 is 11.7 Å². The lowest BCUT2D eigenvalue weighted by Gasteiger charge is -2.64. The van der Waals surface area contributed by atoms with Crippen molar-refractivity contribution in [3.63, 3.8) is 0 Å². The summed E-state index contributed by atoms with van der Waals surface area (Å²) in [6, 6.07) is 3.66. The van der Waals surface area contributed by atoms with Crippen LogP contribution >= 0.6 is 0 Å². The van der Waals surface area contributed by atoms with Gasteiger partial charge in [-0.05, 0) is 98.5 Å². The minimum absolute atomic E-state index is 0.0192. The van der Waals surface area contributed by atoms with E-state index in [1.807, 2.05) is 18.0 Å². The third kappa shape index (κ3) is 3.76. The molecule has 0 aromatic carbocycles. The summed E-state index contributed by atoms with van der Waals surface area (Å²) in [6.45, 7) is 5.72. The van der Waals surface area contributed by atoms with Crippen LogP contribution < -0.4 is 16.7 Å². The largest absolute Gasteiger partial charge is 0.431 e. The Balaban J connectivity index is 1.34. The van der Waals surface area contributed by atoms with Crippen molar-refractivity contribution in [3.8, 4) is 0 Å². The second-order valence-corrected chi connectivity index (χ2v) is 12.4. The molecule has 4 aliphatic rings. The molecule has 0 radical (unpaired) electrons. The summed E-state index contributed by atoms with van der Waals surface area (Å²) in [5, 5.41) is 15.3. The first-order valence-electron chi connectivity index (χ1n) is 13.7. The van der Waals surface area contributed by atoms with Crippen LogP contribution in [-0.2, 0) is 0 Å². The van der Waals surface area contributed by atoms with Gasteiger partial charge < -0.3 is 25.5 Å². The van der Waals surface area contributed by atoms with Crippen LogP contribution in [-0.4, -0.2) is 47.8 Å². The number of amides is 2. The lowest BCUT2D eigenvalue weighted by molar-refractivity contribution is -0.203. The molecular formula is C28H43N3O4. The van der Waals surface area contributed by atoms with Crippen LogP contribution in [0, 0.1) is 28.6 Å². The molecule has 4 fully saturated rings. The average molecular weight is 486 g/mol. The Morgan fingerprint density at radius 3 is 2.66 bits per heavy atom. The molecule has 4 aliphatic carbocycles. The minimum Gasteiger partial charge on any atom is -0.431 e. The number of fused-ring (bicyclic) bond motifs is 5. The molecule has 0 unspecified atom stereocenters. The van der Waals surface area contributed by atoms with Gasteiger partial charge in [0, 0.05) is 37.7 Å². The van der Waals surface area contributed by atoms with Crippen LogP contribution in [0.4, 0.5) is 4.79 Å². The van der Waals surface area contributed by atoms with E-state index in [0.717, 1.165) is 63.4 Å². The van der Waals surface area contributed by atoms with Gasteiger partial charge in [0.1, 0.15) is 0 Å². The maximum atomic E-state index is 12.5. The molecule has 194 valence electrons. The maximum Gasteiger partial charge on any atom is 0.335 e. The molecule has 7 nitrogen and oxygen atoms in total. The molecule has 2 amide bonds. The van der Waals surface area contributed by atoms with Gasteiger partial charge in [-0.25, -0.2) is 9.59 Å². The highest BCUT2D eigenvalue weighted by Crippen LogP contribution is 2.70. The standard InChI is InChI=1S/C28H43N3O4/c1-26-11-8-20(31(3)25(33)30-15-14-29)16-19(26)5-6-23-22(26)9-12-27(2)21(10-13-28(23,27)34)18-4-7-24(32)35-17-18/h4,7,17,19-23,34H,5-6,8-16,29H2,1-3H3,(H,30,33)/t19-,20+,21-,22+,23-,26+,27-,28+/m1/s1. The molecule has 4 N–H and O–H groups in total. The summed E-state index contributed by atoms with van der Waals surface area (Å²) in [5.74, 6) is 1.63. The Labute approximate surface area is 208 Å². The zero-order valence-corrected chi connectivity index (χ0v) is 21.6. The van der Waals surface area contributed by atoms with E-state index < -0.39 is 5.60 Å². The number of nitrogens with one attached hydrogen (secondary N) is 1. The fourth-order valence-electron chi connectivity index (χ4n) is 9.13. The van der Waals surface area contributed by atoms with E-state index in [2.05, 4.69) is 19.2 Å². The highest BCUT2D eigenvalue weighted by atomic mass is 16.4. The van der Waals surface area contributed by atoms with E-state index in [1.165, 1.54) is 6.07 Å². The first-order valence-corrected chi connectivity index (χ1v) is 13.7. The number of urea groups is 1. The summed E-state index contributed by atoms with van der Waals surface area (Å²) in [6.07, 6.45) is 10.9. The minimum atomic E-state index is -0.680. The number of aliphatic hydroxyl groups is 1. The van der Waals surface area contributed by atoms with E-state index in [-0.39, 0.29) is 34.4 Å². The van der Waals surface area contributed by atoms with Crippen molar-refractivity contribution in [2.24, 2.45) is 34.3 Å². The van der Waals surface area contributed by atoms with E-state index in [9.17, 15) is 14.7 Å². The summed E-state index contributed by atoms with van der Waals surface area (Å²) in [7, 11) is 1.92. The summed E-state index contributed by atoms with van der Waals surface area (Å²) in [5.41, 5.74) is 5.62. The topological polar surface area (TPSA) is 109 Å². The first kappa shape index (κ1) is 24.8. The van der Waals surface area contributed by atoms with Crippen molar-refractivity contribution < 1.29 is 14.3 Å². The van der Waals surface area contributed by atoms with Crippen LogP contribution in [0.25, 0.3) is 0 Å². The summed E-state index contributed by atoms with van der Waals surface area (Å²) in [4.78, 5) is 26.0. The van der Waals surface area contributed by atoms with Gasteiger partial charge in [-0.1, -0.05) is 13.8 Å². The van der Waals surface area contributed by atoms with Crippen molar-refractivity contribution in [3.05, 3.63) is 34.4 Å². The molecule has 1 aromatic heterocycles. The third-order valence-corrected chi connectivity index (χ3v) is 11.2. The average Bonchev–Trinajstić information content (AvgIpc) is 3.13. The van der Waals surface area contributed by atoms with Gasteiger partial charge in [-0.15, -0.1) is 0 Å². The number of rotatable bonds is 4. The van der Waals surface area contributed by atoms with Crippen LogP contribution in [0.5, 0.6) is 0 Å². The highest BCUT2D eigenvalue weighted by Gasteiger charge is 2.67. The fraction of sp³-hybridized carbons (Fsp3) is 0.786. The molecule has 4 saturated carbocycles. The van der Waals surface area contributed by atoms with Gasteiger partial charge in [0.05, 0.1) is 11.9 Å². The number of nitrogens with zero attached hydrogens (tertiary/aromatic N) is 1. The lowest BCUT2D eigenvalue weighted by atomic mass is 9.43. The third-order valence-electron chi connectivity index (χ3n) is 11.2. The van der Waals surface area contributed by atoms with Crippen LogP contribution in [0.3, 0.4) is 0 Å². The van der Waals surface area contributed by atoms with Crippen molar-refractivity contribution in [2.75, 3.05) is 20.1 Å². The monoisotopic (exact) mass is 485 g/mol. The lowest BCUT2D eigenvalue weighted by Crippen LogP contribution is -2.62. The molecule has 5 rings (SSSR count). The van der Waals surface area contributed by atoms with Crippen LogP contribution in [0.1, 0.15) is 83.1 Å². The van der Waals surface area contributed by atoms with Gasteiger partial charge in [-0.3, -0.25) is 0 Å². The number of carbonyl (C=O) groups is 1. The Bertz CT molecular complexity index is 992. The van der Waals surface area contributed by atoms with Gasteiger partial charge in [0.2, 0.25) is 0 Å². The molecule has 35 heavy (non-hydrogen) atoms. The first-order chi connectivity index (χ1) is 16.6. The molecule has 0 spiro atoms. The number of nitrogens with two attached hydrogens (primary N) is 1. The predicted octanol–water partition coefficient (Wildman–Crippen LogP) is 3.85. The second-order valence-electron chi connectivity index (χ2n) is 12.4. The van der Waals surface area contributed by atoms with E-state index >= 15 is 0 Å². The highest BCUT2D eigenvalue weighted by molar-refractivity contribution is 5.74. The molecule has 1 aromatic rings. The molecular weight excluding hydrogens is 442 g/mol. The van der Waals surface area contributed by atoms with Crippen LogP contribution in [0.15, 0.2) is 27.6 Å². The van der Waals surface area contributed by atoms with Gasteiger partial charge in [0.15, 0.2) is 0 Å². The van der Waals surface area contributed by atoms with Gasteiger partial charge in [0.25, 0.3) is 0 Å². The summed E-state index contributed by atoms with van der Waals surface area (Å²) < 4.78 is 5.21. The maximum absolute atomic E-state index is 12.5. The van der Waals surface area contributed by atoms with Crippen molar-refractivity contribution in [1.29, 1.82) is 0 Å². The molecule has 8 atom stereocenters. The second kappa shape index (κ2) is 8.91. The number of hydrogen-bond donors (Lipinski definition) is 3. The van der Waals surface area contributed by atoms with Crippen molar-refractivity contribution in [1.82, 2.24) is 10.2 Å². The van der Waals surface area contributed by atoms with Gasteiger partial charge in [-0.2, -0.15) is 0 Å². The normalized spacial score (nSPS) is 42.5. The molecule has 0 aliphatic heterocycles. The summed E-state index contributed by atoms with van der Waals surface area (Å²) >= 11 is 0. The smallest absolute Gasteiger partial charge is 0.335 e. The Morgan fingerprint density at radius 2 is 1.94 bits per heavy atom. The molecule has 1 heterocycles. The van der Waals surface area contributed by atoms with Crippen LogP contribution in [0.2, 0.25) is 0 Å². The predicted molar refractivity (Wildman–Crippen MR) is 135 cm³/mol. The van der Waals surface area contributed by atoms with E-state index in [1.54, 1.807) is 6.26 Å².